The van der Waals surface area contributed by atoms with Crippen molar-refractivity contribution in [2.75, 3.05) is 0 Å². The molecule has 0 fully saturated rings. The van der Waals surface area contributed by atoms with E-state index in [1.165, 1.54) is 18.4 Å². The Labute approximate surface area is 90.1 Å². The van der Waals surface area contributed by atoms with Crippen LogP contribution in [0, 0.1) is 5.41 Å². The van der Waals surface area contributed by atoms with Gasteiger partial charge in [0.1, 0.15) is 0 Å². The normalized spacial score (nSPS) is 18.1. The molecule has 1 unspecified atom stereocenters. The molecule has 82 valence electrons. The van der Waals surface area contributed by atoms with Gasteiger partial charge in [-0.05, 0) is 33.1 Å². The molecule has 0 rings (SSSR count). The lowest BCUT2D eigenvalue weighted by Gasteiger charge is -2.32. The molecule has 0 saturated carbocycles. The number of allylic oxidation sites excluding steroid dienone is 4. The van der Waals surface area contributed by atoms with E-state index in [9.17, 15) is 0 Å². The Morgan fingerprint density at radius 2 is 1.79 bits per heavy atom. The Bertz CT molecular complexity index is 220. The van der Waals surface area contributed by atoms with Gasteiger partial charge in [0.15, 0.2) is 0 Å². The molecule has 0 spiro atoms. The van der Waals surface area contributed by atoms with Gasteiger partial charge >= 0.3 is 0 Å². The van der Waals surface area contributed by atoms with Crippen molar-refractivity contribution in [3.63, 3.8) is 0 Å². The van der Waals surface area contributed by atoms with E-state index in [2.05, 4.69) is 53.7 Å². The first-order valence-electron chi connectivity index (χ1n) is 5.89. The van der Waals surface area contributed by atoms with Crippen LogP contribution in [0.4, 0.5) is 0 Å². The molecule has 0 heteroatoms. The SMILES string of the molecule is C/C=C(/C)C(C)(CC)/C(=C\CC)CC. The Balaban J connectivity index is 5.10. The summed E-state index contributed by atoms with van der Waals surface area (Å²) in [5.41, 5.74) is 3.39. The molecule has 0 bridgehead atoms. The zero-order chi connectivity index (χ0) is 11.2. The Kier molecular flexibility index (Phi) is 5.83. The van der Waals surface area contributed by atoms with Gasteiger partial charge in [-0.1, -0.05) is 51.0 Å². The summed E-state index contributed by atoms with van der Waals surface area (Å²) in [5, 5.41) is 0. The highest BCUT2D eigenvalue weighted by Crippen LogP contribution is 2.40. The van der Waals surface area contributed by atoms with Crippen molar-refractivity contribution in [3.05, 3.63) is 23.3 Å². The third-order valence-electron chi connectivity index (χ3n) is 3.55. The molecule has 0 nitrogen and oxygen atoms in total. The Hall–Kier alpha value is -0.520. The maximum Gasteiger partial charge on any atom is 0.00866 e. The van der Waals surface area contributed by atoms with Crippen LogP contribution in [-0.2, 0) is 0 Å². The standard InChI is InChI=1S/C14H26/c1-7-11-13(9-3)14(6,10-4)12(5)8-2/h8,11H,7,9-10H2,1-6H3/b12-8-,13-11-. The van der Waals surface area contributed by atoms with E-state index in [4.69, 9.17) is 0 Å². The molecule has 0 aliphatic carbocycles. The first kappa shape index (κ1) is 13.5. The molecule has 0 radical (unpaired) electrons. The molecule has 0 aliphatic heterocycles. The fraction of sp³-hybridized carbons (Fsp3) is 0.714. The molecule has 0 aliphatic rings. The first-order valence-corrected chi connectivity index (χ1v) is 5.89. The molecule has 0 heterocycles. The molecule has 14 heavy (non-hydrogen) atoms. The zero-order valence-electron chi connectivity index (χ0n) is 10.8. The predicted molar refractivity (Wildman–Crippen MR) is 66.5 cm³/mol. The van der Waals surface area contributed by atoms with Crippen LogP contribution in [0.3, 0.4) is 0 Å². The fourth-order valence-corrected chi connectivity index (χ4v) is 2.08. The maximum atomic E-state index is 2.40. The molecule has 0 aromatic rings. The van der Waals surface area contributed by atoms with Crippen molar-refractivity contribution in [3.8, 4) is 0 Å². The van der Waals surface area contributed by atoms with Crippen LogP contribution in [0.2, 0.25) is 0 Å². The number of hydrogen-bond acceptors (Lipinski definition) is 0. The van der Waals surface area contributed by atoms with E-state index in [1.807, 2.05) is 0 Å². The quantitative estimate of drug-likeness (QED) is 0.533. The van der Waals surface area contributed by atoms with Crippen molar-refractivity contribution in [2.24, 2.45) is 5.41 Å². The van der Waals surface area contributed by atoms with E-state index in [-0.39, 0.29) is 0 Å². The largest absolute Gasteiger partial charge is 0.0879 e. The third kappa shape index (κ3) is 2.73. The van der Waals surface area contributed by atoms with E-state index >= 15 is 0 Å². The van der Waals surface area contributed by atoms with Gasteiger partial charge in [0.05, 0.1) is 0 Å². The van der Waals surface area contributed by atoms with Gasteiger partial charge in [-0.2, -0.15) is 0 Å². The summed E-state index contributed by atoms with van der Waals surface area (Å²) < 4.78 is 0. The van der Waals surface area contributed by atoms with Gasteiger partial charge in [0.25, 0.3) is 0 Å². The van der Waals surface area contributed by atoms with Crippen LogP contribution in [0.15, 0.2) is 23.3 Å². The summed E-state index contributed by atoms with van der Waals surface area (Å²) in [6, 6.07) is 0. The average molecular weight is 194 g/mol. The van der Waals surface area contributed by atoms with Crippen LogP contribution in [-0.4, -0.2) is 0 Å². The minimum Gasteiger partial charge on any atom is -0.0879 e. The number of hydrogen-bond donors (Lipinski definition) is 0. The topological polar surface area (TPSA) is 0 Å². The van der Waals surface area contributed by atoms with Gasteiger partial charge in [-0.3, -0.25) is 0 Å². The summed E-state index contributed by atoms with van der Waals surface area (Å²) in [4.78, 5) is 0. The van der Waals surface area contributed by atoms with E-state index < -0.39 is 0 Å². The highest BCUT2D eigenvalue weighted by atomic mass is 14.3. The van der Waals surface area contributed by atoms with Crippen LogP contribution >= 0.6 is 0 Å². The average Bonchev–Trinajstić information content (AvgIpc) is 2.23. The first-order chi connectivity index (χ1) is 6.56. The van der Waals surface area contributed by atoms with Crippen molar-refractivity contribution in [2.45, 2.75) is 60.8 Å². The third-order valence-corrected chi connectivity index (χ3v) is 3.55. The summed E-state index contributed by atoms with van der Waals surface area (Å²) in [6.07, 6.45) is 8.17. The lowest BCUT2D eigenvalue weighted by atomic mass is 9.72. The number of rotatable bonds is 5. The molecule has 0 saturated heterocycles. The zero-order valence-corrected chi connectivity index (χ0v) is 10.8. The van der Waals surface area contributed by atoms with Crippen molar-refractivity contribution >= 4 is 0 Å². The van der Waals surface area contributed by atoms with Crippen LogP contribution in [0.1, 0.15) is 60.8 Å². The van der Waals surface area contributed by atoms with Crippen LogP contribution < -0.4 is 0 Å². The smallest absolute Gasteiger partial charge is 0.00866 e. The van der Waals surface area contributed by atoms with Gasteiger partial charge in [0, 0.05) is 5.41 Å². The minimum atomic E-state index is 0.291. The monoisotopic (exact) mass is 194 g/mol. The van der Waals surface area contributed by atoms with E-state index in [0.29, 0.717) is 5.41 Å². The minimum absolute atomic E-state index is 0.291. The molecule has 0 aromatic heterocycles. The predicted octanol–water partition coefficient (Wildman–Crippen LogP) is 5.12. The molecule has 1 atom stereocenters. The van der Waals surface area contributed by atoms with E-state index in [0.717, 1.165) is 6.42 Å². The lowest BCUT2D eigenvalue weighted by Crippen LogP contribution is -2.19. The fourth-order valence-electron chi connectivity index (χ4n) is 2.08. The summed E-state index contributed by atoms with van der Waals surface area (Å²) >= 11 is 0. The van der Waals surface area contributed by atoms with Crippen molar-refractivity contribution in [1.82, 2.24) is 0 Å². The summed E-state index contributed by atoms with van der Waals surface area (Å²) in [5.74, 6) is 0. The highest BCUT2D eigenvalue weighted by Gasteiger charge is 2.26. The Morgan fingerprint density at radius 1 is 1.21 bits per heavy atom. The van der Waals surface area contributed by atoms with Crippen LogP contribution in [0.25, 0.3) is 0 Å². The molecule has 0 aromatic carbocycles. The highest BCUT2D eigenvalue weighted by molar-refractivity contribution is 5.26. The van der Waals surface area contributed by atoms with Crippen LogP contribution in [0.5, 0.6) is 0 Å². The summed E-state index contributed by atoms with van der Waals surface area (Å²) in [6.45, 7) is 13.5. The second-order valence-corrected chi connectivity index (χ2v) is 4.15. The Morgan fingerprint density at radius 3 is 2.07 bits per heavy atom. The van der Waals surface area contributed by atoms with Gasteiger partial charge in [0.2, 0.25) is 0 Å². The van der Waals surface area contributed by atoms with Gasteiger partial charge in [-0.15, -0.1) is 0 Å². The lowest BCUT2D eigenvalue weighted by molar-refractivity contribution is 0.445. The van der Waals surface area contributed by atoms with Crippen molar-refractivity contribution in [1.29, 1.82) is 0 Å². The maximum absolute atomic E-state index is 2.40. The molecule has 0 N–H and O–H groups in total. The second kappa shape index (κ2) is 6.06. The molecular formula is C14H26. The van der Waals surface area contributed by atoms with E-state index in [1.54, 1.807) is 5.57 Å². The second-order valence-electron chi connectivity index (χ2n) is 4.15. The van der Waals surface area contributed by atoms with Crippen molar-refractivity contribution < 1.29 is 0 Å². The van der Waals surface area contributed by atoms with Gasteiger partial charge < -0.3 is 0 Å². The molecular weight excluding hydrogens is 168 g/mol. The van der Waals surface area contributed by atoms with Gasteiger partial charge in [-0.25, -0.2) is 0 Å². The molecule has 0 amide bonds. The summed E-state index contributed by atoms with van der Waals surface area (Å²) in [7, 11) is 0.